The van der Waals surface area contributed by atoms with Crippen LogP contribution in [0.5, 0.6) is 0 Å². The number of aryl methyl sites for hydroxylation is 2. The Morgan fingerprint density at radius 2 is 1.80 bits per heavy atom. The molecule has 0 spiro atoms. The minimum atomic E-state index is 0.0432. The van der Waals surface area contributed by atoms with Crippen LogP contribution in [0.25, 0.3) is 10.1 Å². The van der Waals surface area contributed by atoms with Crippen molar-refractivity contribution in [2.24, 2.45) is 0 Å². The smallest absolute Gasteiger partial charge is 0.261 e. The van der Waals surface area contributed by atoms with Crippen LogP contribution in [0, 0.1) is 6.92 Å². The molecule has 0 fully saturated rings. The van der Waals surface area contributed by atoms with E-state index in [-0.39, 0.29) is 5.91 Å². The van der Waals surface area contributed by atoms with Crippen LogP contribution in [0.4, 0.5) is 5.69 Å². The third-order valence-electron chi connectivity index (χ3n) is 4.43. The van der Waals surface area contributed by atoms with Gasteiger partial charge in [-0.1, -0.05) is 30.3 Å². The van der Waals surface area contributed by atoms with Gasteiger partial charge in [0.2, 0.25) is 0 Å². The third-order valence-corrected chi connectivity index (χ3v) is 5.70. The molecule has 4 heteroatoms. The van der Waals surface area contributed by atoms with Gasteiger partial charge in [-0.15, -0.1) is 11.3 Å². The predicted molar refractivity (Wildman–Crippen MR) is 108 cm³/mol. The number of fused-ring (bicyclic) bond motifs is 1. The number of amides is 1. The molecular weight excluding hydrogens is 328 g/mol. The van der Waals surface area contributed by atoms with Crippen molar-refractivity contribution in [2.75, 3.05) is 25.5 Å². The Morgan fingerprint density at radius 3 is 2.48 bits per heavy atom. The van der Waals surface area contributed by atoms with Gasteiger partial charge in [0.25, 0.3) is 5.91 Å². The predicted octanol–water partition coefficient (Wildman–Crippen LogP) is 4.64. The number of carbonyl (C=O) groups excluding carboxylic acids is 1. The second kappa shape index (κ2) is 7.70. The quantitative estimate of drug-likeness (QED) is 0.656. The van der Waals surface area contributed by atoms with Gasteiger partial charge in [-0.2, -0.15) is 0 Å². The van der Waals surface area contributed by atoms with E-state index in [9.17, 15) is 4.79 Å². The molecule has 0 unspecified atom stereocenters. The van der Waals surface area contributed by atoms with E-state index in [0.29, 0.717) is 6.54 Å². The standard InChI is InChI=1S/C21H24N2OS/c1-15-18-8-4-5-9-19(18)25-20(15)21(24)22-14-6-7-16-10-12-17(13-11-16)23(2)3/h4-5,8-13H,6-7,14H2,1-3H3,(H,22,24). The van der Waals surface area contributed by atoms with Gasteiger partial charge in [0.05, 0.1) is 4.88 Å². The van der Waals surface area contributed by atoms with Crippen molar-refractivity contribution in [3.8, 4) is 0 Å². The molecule has 1 N–H and O–H groups in total. The van der Waals surface area contributed by atoms with Gasteiger partial charge in [0.1, 0.15) is 0 Å². The van der Waals surface area contributed by atoms with Crippen molar-refractivity contribution in [1.82, 2.24) is 5.32 Å². The Kier molecular flexibility index (Phi) is 5.39. The fourth-order valence-electron chi connectivity index (χ4n) is 2.93. The summed E-state index contributed by atoms with van der Waals surface area (Å²) in [6.07, 6.45) is 1.91. The molecule has 0 bridgehead atoms. The number of rotatable bonds is 6. The van der Waals surface area contributed by atoms with Gasteiger partial charge in [-0.25, -0.2) is 0 Å². The zero-order valence-electron chi connectivity index (χ0n) is 15.0. The molecule has 3 aromatic rings. The molecule has 0 saturated carbocycles. The number of thiophene rings is 1. The Bertz CT molecular complexity index is 865. The number of hydrogen-bond acceptors (Lipinski definition) is 3. The molecule has 0 radical (unpaired) electrons. The maximum absolute atomic E-state index is 12.5. The molecule has 1 amide bonds. The van der Waals surface area contributed by atoms with Crippen LogP contribution in [-0.2, 0) is 6.42 Å². The molecule has 1 heterocycles. The Hall–Kier alpha value is -2.33. The summed E-state index contributed by atoms with van der Waals surface area (Å²) in [6, 6.07) is 16.8. The zero-order valence-corrected chi connectivity index (χ0v) is 15.8. The van der Waals surface area contributed by atoms with Gasteiger partial charge in [0.15, 0.2) is 0 Å². The van der Waals surface area contributed by atoms with Crippen LogP contribution in [0.2, 0.25) is 0 Å². The van der Waals surface area contributed by atoms with Crippen molar-refractivity contribution < 1.29 is 4.79 Å². The molecule has 3 rings (SSSR count). The highest BCUT2D eigenvalue weighted by Gasteiger charge is 2.14. The first-order valence-electron chi connectivity index (χ1n) is 8.59. The first-order valence-corrected chi connectivity index (χ1v) is 9.40. The molecule has 0 atom stereocenters. The summed E-state index contributed by atoms with van der Waals surface area (Å²) >= 11 is 1.57. The fraction of sp³-hybridized carbons (Fsp3) is 0.286. The number of anilines is 1. The van der Waals surface area contributed by atoms with Gasteiger partial charge in [0, 0.05) is 31.0 Å². The number of benzene rings is 2. The summed E-state index contributed by atoms with van der Waals surface area (Å²) in [5, 5.41) is 4.24. The molecule has 0 aliphatic carbocycles. The summed E-state index contributed by atoms with van der Waals surface area (Å²) in [4.78, 5) is 15.4. The van der Waals surface area contributed by atoms with E-state index in [1.54, 1.807) is 11.3 Å². The summed E-state index contributed by atoms with van der Waals surface area (Å²) < 4.78 is 1.17. The topological polar surface area (TPSA) is 32.3 Å². The number of nitrogens with one attached hydrogen (secondary N) is 1. The highest BCUT2D eigenvalue weighted by molar-refractivity contribution is 7.21. The highest BCUT2D eigenvalue weighted by atomic mass is 32.1. The average molecular weight is 353 g/mol. The zero-order chi connectivity index (χ0) is 17.8. The normalized spacial score (nSPS) is 10.8. The van der Waals surface area contributed by atoms with Gasteiger partial charge < -0.3 is 10.2 Å². The largest absolute Gasteiger partial charge is 0.378 e. The van der Waals surface area contributed by atoms with Crippen molar-refractivity contribution in [2.45, 2.75) is 19.8 Å². The van der Waals surface area contributed by atoms with E-state index in [0.717, 1.165) is 23.3 Å². The van der Waals surface area contributed by atoms with Crippen LogP contribution in [0.3, 0.4) is 0 Å². The molecule has 2 aromatic carbocycles. The fourth-order valence-corrected chi connectivity index (χ4v) is 4.05. The lowest BCUT2D eigenvalue weighted by atomic mass is 10.1. The molecule has 25 heavy (non-hydrogen) atoms. The summed E-state index contributed by atoms with van der Waals surface area (Å²) in [7, 11) is 4.08. The lowest BCUT2D eigenvalue weighted by Crippen LogP contribution is -2.24. The average Bonchev–Trinajstić information content (AvgIpc) is 2.96. The highest BCUT2D eigenvalue weighted by Crippen LogP contribution is 2.30. The SMILES string of the molecule is Cc1c(C(=O)NCCCc2ccc(N(C)C)cc2)sc2ccccc12. The number of carbonyl (C=O) groups is 1. The van der Waals surface area contributed by atoms with E-state index >= 15 is 0 Å². The van der Waals surface area contributed by atoms with Crippen LogP contribution >= 0.6 is 11.3 Å². The molecule has 0 aliphatic rings. The Morgan fingerprint density at radius 1 is 1.08 bits per heavy atom. The van der Waals surface area contributed by atoms with E-state index in [2.05, 4.69) is 46.6 Å². The first-order chi connectivity index (χ1) is 12.1. The maximum atomic E-state index is 12.5. The van der Waals surface area contributed by atoms with Crippen molar-refractivity contribution in [3.63, 3.8) is 0 Å². The van der Waals surface area contributed by atoms with E-state index in [1.807, 2.05) is 33.2 Å². The molecule has 3 nitrogen and oxygen atoms in total. The first kappa shape index (κ1) is 17.5. The summed E-state index contributed by atoms with van der Waals surface area (Å²) in [5.41, 5.74) is 3.59. The van der Waals surface area contributed by atoms with E-state index in [1.165, 1.54) is 21.3 Å². The second-order valence-electron chi connectivity index (χ2n) is 6.47. The van der Waals surface area contributed by atoms with Gasteiger partial charge in [-0.05, 0) is 54.5 Å². The van der Waals surface area contributed by atoms with Crippen LogP contribution in [0.15, 0.2) is 48.5 Å². The third kappa shape index (κ3) is 4.02. The summed E-state index contributed by atoms with van der Waals surface area (Å²) in [5.74, 6) is 0.0432. The molecule has 0 saturated heterocycles. The summed E-state index contributed by atoms with van der Waals surface area (Å²) in [6.45, 7) is 2.72. The lowest BCUT2D eigenvalue weighted by Gasteiger charge is -2.12. The van der Waals surface area contributed by atoms with Crippen molar-refractivity contribution in [1.29, 1.82) is 0 Å². The minimum Gasteiger partial charge on any atom is -0.378 e. The van der Waals surface area contributed by atoms with Crippen LogP contribution in [-0.4, -0.2) is 26.5 Å². The number of nitrogens with zero attached hydrogens (tertiary/aromatic N) is 1. The van der Waals surface area contributed by atoms with E-state index < -0.39 is 0 Å². The second-order valence-corrected chi connectivity index (χ2v) is 7.52. The minimum absolute atomic E-state index is 0.0432. The lowest BCUT2D eigenvalue weighted by molar-refractivity contribution is 0.0957. The van der Waals surface area contributed by atoms with Crippen LogP contribution < -0.4 is 10.2 Å². The molecule has 1 aromatic heterocycles. The van der Waals surface area contributed by atoms with Crippen molar-refractivity contribution in [3.05, 3.63) is 64.5 Å². The van der Waals surface area contributed by atoms with Gasteiger partial charge >= 0.3 is 0 Å². The Balaban J connectivity index is 1.53. The van der Waals surface area contributed by atoms with Gasteiger partial charge in [-0.3, -0.25) is 4.79 Å². The monoisotopic (exact) mass is 352 g/mol. The maximum Gasteiger partial charge on any atom is 0.261 e. The number of hydrogen-bond donors (Lipinski definition) is 1. The Labute approximate surface area is 153 Å². The van der Waals surface area contributed by atoms with E-state index in [4.69, 9.17) is 0 Å². The van der Waals surface area contributed by atoms with Crippen LogP contribution in [0.1, 0.15) is 27.2 Å². The molecular formula is C21H24N2OS. The van der Waals surface area contributed by atoms with Crippen molar-refractivity contribution >= 4 is 33.0 Å². The molecule has 0 aliphatic heterocycles. The molecule has 130 valence electrons.